The van der Waals surface area contributed by atoms with Gasteiger partial charge in [0.25, 0.3) is 0 Å². The molecule has 0 aliphatic rings. The maximum Gasteiger partial charge on any atom is 0.117 e. The average molecular weight is 267 g/mol. The Hall–Kier alpha value is -1.45. The van der Waals surface area contributed by atoms with Crippen LogP contribution in [0.1, 0.15) is 11.3 Å². The van der Waals surface area contributed by atoms with Crippen molar-refractivity contribution < 1.29 is 4.42 Å². The predicted molar refractivity (Wildman–Crippen MR) is 77.3 cm³/mol. The fourth-order valence-electron chi connectivity index (χ4n) is 1.66. The van der Waals surface area contributed by atoms with E-state index in [0.717, 1.165) is 18.8 Å². The van der Waals surface area contributed by atoms with Gasteiger partial charge in [0.2, 0.25) is 0 Å². The number of rotatable bonds is 5. The van der Waals surface area contributed by atoms with Gasteiger partial charge < -0.3 is 14.6 Å². The summed E-state index contributed by atoms with van der Waals surface area (Å²) in [6, 6.07) is 12.4. The van der Waals surface area contributed by atoms with Crippen LogP contribution in [0.2, 0.25) is 0 Å². The highest BCUT2D eigenvalue weighted by molar-refractivity contribution is 5.85. The molecule has 4 heteroatoms. The van der Waals surface area contributed by atoms with E-state index in [1.165, 1.54) is 11.3 Å². The summed E-state index contributed by atoms with van der Waals surface area (Å²) in [5.41, 5.74) is 2.50. The molecule has 0 unspecified atom stereocenters. The summed E-state index contributed by atoms with van der Waals surface area (Å²) in [4.78, 5) is 2.10. The molecule has 1 aromatic heterocycles. The quantitative estimate of drug-likeness (QED) is 0.902. The normalized spacial score (nSPS) is 9.89. The molecule has 1 heterocycles. The molecule has 0 radical (unpaired) electrons. The topological polar surface area (TPSA) is 28.4 Å². The number of nitrogens with one attached hydrogen (secondary N) is 1. The lowest BCUT2D eigenvalue weighted by Gasteiger charge is -2.12. The Bertz CT molecular complexity index is 437. The molecule has 0 spiro atoms. The van der Waals surface area contributed by atoms with Crippen LogP contribution in [0.4, 0.5) is 5.69 Å². The van der Waals surface area contributed by atoms with Crippen molar-refractivity contribution in [2.75, 3.05) is 19.0 Å². The molecule has 2 rings (SSSR count). The van der Waals surface area contributed by atoms with Crippen LogP contribution in [0.25, 0.3) is 0 Å². The highest BCUT2D eigenvalue weighted by Crippen LogP contribution is 2.12. The first-order valence-corrected chi connectivity index (χ1v) is 5.75. The molecule has 3 nitrogen and oxygen atoms in total. The Morgan fingerprint density at radius 2 is 1.78 bits per heavy atom. The van der Waals surface area contributed by atoms with Gasteiger partial charge >= 0.3 is 0 Å². The minimum absolute atomic E-state index is 0. The SMILES string of the molecule is CN(C)c1ccc(CNCc2ccco2)cc1.Cl. The number of halogens is 1. The Morgan fingerprint density at radius 1 is 1.06 bits per heavy atom. The molecular formula is C14H19ClN2O. The van der Waals surface area contributed by atoms with Gasteiger partial charge in [-0.2, -0.15) is 0 Å². The lowest BCUT2D eigenvalue weighted by Crippen LogP contribution is -2.12. The lowest BCUT2D eigenvalue weighted by atomic mass is 10.2. The molecule has 0 bridgehead atoms. The second kappa shape index (κ2) is 7.09. The Kier molecular flexibility index (Phi) is 5.75. The van der Waals surface area contributed by atoms with Gasteiger partial charge in [-0.15, -0.1) is 12.4 Å². The summed E-state index contributed by atoms with van der Waals surface area (Å²) in [5.74, 6) is 0.968. The van der Waals surface area contributed by atoms with Crippen molar-refractivity contribution in [3.05, 3.63) is 54.0 Å². The summed E-state index contributed by atoms with van der Waals surface area (Å²) in [5, 5.41) is 3.35. The van der Waals surface area contributed by atoms with Crippen molar-refractivity contribution in [2.45, 2.75) is 13.1 Å². The number of benzene rings is 1. The van der Waals surface area contributed by atoms with Crippen molar-refractivity contribution in [1.29, 1.82) is 0 Å². The zero-order valence-electron chi connectivity index (χ0n) is 10.7. The fourth-order valence-corrected chi connectivity index (χ4v) is 1.66. The van der Waals surface area contributed by atoms with E-state index in [9.17, 15) is 0 Å². The smallest absolute Gasteiger partial charge is 0.117 e. The van der Waals surface area contributed by atoms with Crippen LogP contribution < -0.4 is 10.2 Å². The summed E-state index contributed by atoms with van der Waals surface area (Å²) in [7, 11) is 4.09. The first-order valence-electron chi connectivity index (χ1n) is 5.75. The molecule has 2 aromatic rings. The largest absolute Gasteiger partial charge is 0.468 e. The van der Waals surface area contributed by atoms with Crippen molar-refractivity contribution in [3.8, 4) is 0 Å². The summed E-state index contributed by atoms with van der Waals surface area (Å²) < 4.78 is 5.25. The molecule has 0 saturated heterocycles. The first-order chi connectivity index (χ1) is 8.25. The second-order valence-electron chi connectivity index (χ2n) is 4.24. The van der Waals surface area contributed by atoms with E-state index in [2.05, 4.69) is 34.5 Å². The van der Waals surface area contributed by atoms with Crippen molar-refractivity contribution in [3.63, 3.8) is 0 Å². The van der Waals surface area contributed by atoms with E-state index in [0.29, 0.717) is 0 Å². The van der Waals surface area contributed by atoms with Gasteiger partial charge in [0.1, 0.15) is 5.76 Å². The predicted octanol–water partition coefficient (Wildman–Crippen LogP) is 3.06. The Labute approximate surface area is 114 Å². The fraction of sp³-hybridized carbons (Fsp3) is 0.286. The monoisotopic (exact) mass is 266 g/mol. The minimum atomic E-state index is 0. The van der Waals surface area contributed by atoms with Crippen molar-refractivity contribution in [2.24, 2.45) is 0 Å². The van der Waals surface area contributed by atoms with Gasteiger partial charge in [-0.1, -0.05) is 12.1 Å². The van der Waals surface area contributed by atoms with Gasteiger partial charge in [-0.25, -0.2) is 0 Å². The average Bonchev–Trinajstić information content (AvgIpc) is 2.83. The third-order valence-corrected chi connectivity index (χ3v) is 2.66. The number of anilines is 1. The number of nitrogens with zero attached hydrogens (tertiary/aromatic N) is 1. The third kappa shape index (κ3) is 4.09. The van der Waals surface area contributed by atoms with Crippen molar-refractivity contribution >= 4 is 18.1 Å². The lowest BCUT2D eigenvalue weighted by molar-refractivity contribution is 0.483. The zero-order valence-corrected chi connectivity index (χ0v) is 11.5. The van der Waals surface area contributed by atoms with E-state index < -0.39 is 0 Å². The number of furan rings is 1. The van der Waals surface area contributed by atoms with E-state index in [-0.39, 0.29) is 12.4 Å². The number of hydrogen-bond donors (Lipinski definition) is 1. The van der Waals surface area contributed by atoms with Gasteiger partial charge in [-0.3, -0.25) is 0 Å². The van der Waals surface area contributed by atoms with E-state index in [4.69, 9.17) is 4.42 Å². The molecule has 1 N–H and O–H groups in total. The molecule has 98 valence electrons. The third-order valence-electron chi connectivity index (χ3n) is 2.66. The molecule has 0 aliphatic carbocycles. The zero-order chi connectivity index (χ0) is 12.1. The minimum Gasteiger partial charge on any atom is -0.468 e. The van der Waals surface area contributed by atoms with Crippen LogP contribution >= 0.6 is 12.4 Å². The van der Waals surface area contributed by atoms with Gasteiger partial charge in [-0.05, 0) is 29.8 Å². The Balaban J connectivity index is 0.00000162. The van der Waals surface area contributed by atoms with Gasteiger partial charge in [0, 0.05) is 26.3 Å². The summed E-state index contributed by atoms with van der Waals surface area (Å²) in [6.07, 6.45) is 1.70. The highest BCUT2D eigenvalue weighted by atomic mass is 35.5. The first kappa shape index (κ1) is 14.6. The summed E-state index contributed by atoms with van der Waals surface area (Å²) >= 11 is 0. The van der Waals surface area contributed by atoms with Crippen LogP contribution in [0.15, 0.2) is 47.1 Å². The molecule has 0 aliphatic heterocycles. The van der Waals surface area contributed by atoms with Crippen LogP contribution in [-0.2, 0) is 13.1 Å². The molecule has 0 fully saturated rings. The van der Waals surface area contributed by atoms with Gasteiger partial charge in [0.15, 0.2) is 0 Å². The summed E-state index contributed by atoms with van der Waals surface area (Å²) in [6.45, 7) is 1.62. The maximum atomic E-state index is 5.25. The van der Waals surface area contributed by atoms with Crippen LogP contribution in [-0.4, -0.2) is 14.1 Å². The Morgan fingerprint density at radius 3 is 2.33 bits per heavy atom. The van der Waals surface area contributed by atoms with Crippen LogP contribution in [0.5, 0.6) is 0 Å². The number of hydrogen-bond acceptors (Lipinski definition) is 3. The van der Waals surface area contributed by atoms with E-state index in [1.54, 1.807) is 6.26 Å². The standard InChI is InChI=1S/C14H18N2O.ClH/c1-16(2)13-7-5-12(6-8-13)10-15-11-14-4-3-9-17-14;/h3-9,15H,10-11H2,1-2H3;1H. The molecule has 18 heavy (non-hydrogen) atoms. The molecule has 0 amide bonds. The molecular weight excluding hydrogens is 248 g/mol. The van der Waals surface area contributed by atoms with Crippen LogP contribution in [0.3, 0.4) is 0 Å². The van der Waals surface area contributed by atoms with Crippen LogP contribution in [0, 0.1) is 0 Å². The second-order valence-corrected chi connectivity index (χ2v) is 4.24. The van der Waals surface area contributed by atoms with E-state index >= 15 is 0 Å². The van der Waals surface area contributed by atoms with E-state index in [1.807, 2.05) is 26.2 Å². The van der Waals surface area contributed by atoms with Gasteiger partial charge in [0.05, 0.1) is 12.8 Å². The molecule has 0 saturated carbocycles. The highest BCUT2D eigenvalue weighted by Gasteiger charge is 1.97. The van der Waals surface area contributed by atoms with Crippen molar-refractivity contribution in [1.82, 2.24) is 5.32 Å². The maximum absolute atomic E-state index is 5.25. The molecule has 1 aromatic carbocycles. The molecule has 0 atom stereocenters.